The van der Waals surface area contributed by atoms with E-state index in [0.717, 1.165) is 18.5 Å². The molecule has 6 nitrogen and oxygen atoms in total. The second-order valence-electron chi connectivity index (χ2n) is 5.15. The summed E-state index contributed by atoms with van der Waals surface area (Å²) in [7, 11) is 0. The molecule has 2 aromatic rings. The van der Waals surface area contributed by atoms with E-state index in [-0.39, 0.29) is 11.4 Å². The summed E-state index contributed by atoms with van der Waals surface area (Å²) in [4.78, 5) is 16.6. The molecule has 0 aliphatic heterocycles. The molecule has 3 N–H and O–H groups in total. The summed E-state index contributed by atoms with van der Waals surface area (Å²) >= 11 is 0. The van der Waals surface area contributed by atoms with Crippen LogP contribution in [-0.4, -0.2) is 32.6 Å². The fraction of sp³-hybridized carbons (Fsp3) is 0.500. The minimum Gasteiger partial charge on any atom is -0.350 e. The van der Waals surface area contributed by atoms with Crippen LogP contribution in [0.2, 0.25) is 0 Å². The fourth-order valence-corrected chi connectivity index (χ4v) is 1.97. The molecule has 0 bridgehead atoms. The first-order valence-electron chi connectivity index (χ1n) is 6.87. The number of carbonyl (C=O) groups excluding carboxylic acids is 1. The quantitative estimate of drug-likeness (QED) is 0.861. The van der Waals surface area contributed by atoms with Crippen molar-refractivity contribution in [3.8, 4) is 0 Å². The van der Waals surface area contributed by atoms with Gasteiger partial charge in [0.2, 0.25) is 0 Å². The highest BCUT2D eigenvalue weighted by molar-refractivity contribution is 5.99. The lowest BCUT2D eigenvalue weighted by atomic mass is 9.94. The van der Waals surface area contributed by atoms with E-state index in [0.29, 0.717) is 17.8 Å². The first-order valence-corrected chi connectivity index (χ1v) is 6.87. The van der Waals surface area contributed by atoms with Gasteiger partial charge >= 0.3 is 0 Å². The third-order valence-corrected chi connectivity index (χ3v) is 3.76. The Morgan fingerprint density at radius 1 is 1.45 bits per heavy atom. The summed E-state index contributed by atoms with van der Waals surface area (Å²) in [6, 6.07) is 1.85. The predicted octanol–water partition coefficient (Wildman–Crippen LogP) is 1.29. The van der Waals surface area contributed by atoms with Crippen LogP contribution in [-0.2, 0) is 0 Å². The van der Waals surface area contributed by atoms with Crippen molar-refractivity contribution >= 4 is 11.6 Å². The first kappa shape index (κ1) is 14.5. The van der Waals surface area contributed by atoms with Gasteiger partial charge < -0.3 is 11.1 Å². The lowest BCUT2D eigenvalue weighted by Crippen LogP contribution is -2.49. The van der Waals surface area contributed by atoms with Gasteiger partial charge in [-0.1, -0.05) is 13.8 Å². The maximum Gasteiger partial charge on any atom is 0.256 e. The molecule has 0 spiro atoms. The summed E-state index contributed by atoms with van der Waals surface area (Å²) in [6.45, 7) is 6.38. The number of amides is 1. The van der Waals surface area contributed by atoms with Crippen molar-refractivity contribution in [1.29, 1.82) is 0 Å². The van der Waals surface area contributed by atoms with Crippen LogP contribution >= 0.6 is 0 Å². The lowest BCUT2D eigenvalue weighted by Gasteiger charge is -2.26. The smallest absolute Gasteiger partial charge is 0.256 e. The number of hydrogen-bond acceptors (Lipinski definition) is 4. The van der Waals surface area contributed by atoms with Crippen LogP contribution in [0.15, 0.2) is 18.5 Å². The highest BCUT2D eigenvalue weighted by Crippen LogP contribution is 2.12. The topological polar surface area (TPSA) is 85.3 Å². The Hall–Kier alpha value is -1.95. The third-order valence-electron chi connectivity index (χ3n) is 3.76. The molecule has 1 amide bonds. The summed E-state index contributed by atoms with van der Waals surface area (Å²) in [6.07, 6.45) is 4.96. The highest BCUT2D eigenvalue weighted by Gasteiger charge is 2.22. The van der Waals surface area contributed by atoms with Gasteiger partial charge in [-0.05, 0) is 25.8 Å². The Labute approximate surface area is 118 Å². The van der Waals surface area contributed by atoms with E-state index in [4.69, 9.17) is 5.73 Å². The average molecular weight is 275 g/mol. The van der Waals surface area contributed by atoms with E-state index >= 15 is 0 Å². The number of nitrogens with one attached hydrogen (secondary N) is 1. The van der Waals surface area contributed by atoms with Gasteiger partial charge in [-0.2, -0.15) is 5.10 Å². The predicted molar refractivity (Wildman–Crippen MR) is 77.6 cm³/mol. The normalized spacial score (nSPS) is 11.8. The van der Waals surface area contributed by atoms with Gasteiger partial charge in [0, 0.05) is 24.0 Å². The van der Waals surface area contributed by atoms with Gasteiger partial charge in [-0.25, -0.2) is 9.50 Å². The average Bonchev–Trinajstić information content (AvgIpc) is 2.87. The van der Waals surface area contributed by atoms with Crippen molar-refractivity contribution in [2.24, 2.45) is 5.73 Å². The van der Waals surface area contributed by atoms with E-state index in [1.807, 2.05) is 26.8 Å². The highest BCUT2D eigenvalue weighted by atomic mass is 16.1. The number of fused-ring (bicyclic) bond motifs is 1. The molecular weight excluding hydrogens is 254 g/mol. The molecule has 0 atom stereocenters. The molecule has 0 aromatic carbocycles. The van der Waals surface area contributed by atoms with Crippen molar-refractivity contribution in [3.05, 3.63) is 29.7 Å². The van der Waals surface area contributed by atoms with Crippen LogP contribution in [0.4, 0.5) is 0 Å². The van der Waals surface area contributed by atoms with E-state index < -0.39 is 0 Å². The van der Waals surface area contributed by atoms with Crippen LogP contribution in [0.1, 0.15) is 42.7 Å². The Balaban J connectivity index is 2.18. The summed E-state index contributed by atoms with van der Waals surface area (Å²) in [5, 5.41) is 7.01. The van der Waals surface area contributed by atoms with Crippen molar-refractivity contribution in [2.45, 2.75) is 39.2 Å². The molecule has 0 unspecified atom stereocenters. The number of aryl methyl sites for hydroxylation is 1. The maximum absolute atomic E-state index is 12.2. The van der Waals surface area contributed by atoms with Gasteiger partial charge in [-0.15, -0.1) is 0 Å². The Morgan fingerprint density at radius 2 is 2.15 bits per heavy atom. The molecule has 2 rings (SSSR count). The molecule has 0 fully saturated rings. The number of aromatic nitrogens is 3. The fourth-order valence-electron chi connectivity index (χ4n) is 1.97. The molecule has 0 saturated carbocycles. The molecule has 0 aliphatic rings. The lowest BCUT2D eigenvalue weighted by molar-refractivity contribution is 0.0943. The zero-order valence-corrected chi connectivity index (χ0v) is 12.2. The Kier molecular flexibility index (Phi) is 4.04. The second kappa shape index (κ2) is 5.58. The van der Waals surface area contributed by atoms with E-state index in [1.165, 1.54) is 6.20 Å². The number of hydrogen-bond donors (Lipinski definition) is 2. The standard InChI is InChI=1S/C14H21N5O/c1-4-14(15,5-2)9-16-13(20)11-8-17-19-7-6-10(3)18-12(11)19/h6-8H,4-5,9,15H2,1-3H3,(H,16,20). The van der Waals surface area contributed by atoms with Crippen LogP contribution in [0.25, 0.3) is 5.65 Å². The maximum atomic E-state index is 12.2. The zero-order valence-electron chi connectivity index (χ0n) is 12.2. The SMILES string of the molecule is CCC(N)(CC)CNC(=O)c1cnn2ccc(C)nc12. The molecule has 2 heterocycles. The summed E-state index contributed by atoms with van der Waals surface area (Å²) < 4.78 is 1.59. The molecule has 20 heavy (non-hydrogen) atoms. The van der Waals surface area contributed by atoms with Crippen LogP contribution in [0.3, 0.4) is 0 Å². The van der Waals surface area contributed by atoms with Gasteiger partial charge in [0.1, 0.15) is 5.56 Å². The van der Waals surface area contributed by atoms with Crippen molar-refractivity contribution in [1.82, 2.24) is 19.9 Å². The minimum absolute atomic E-state index is 0.185. The molecule has 6 heteroatoms. The molecule has 0 aliphatic carbocycles. The van der Waals surface area contributed by atoms with E-state index in [2.05, 4.69) is 15.4 Å². The second-order valence-corrected chi connectivity index (χ2v) is 5.15. The largest absolute Gasteiger partial charge is 0.350 e. The Bertz CT molecular complexity index is 615. The van der Waals surface area contributed by atoms with Gasteiger partial charge in [0.05, 0.1) is 6.20 Å². The Morgan fingerprint density at radius 3 is 2.80 bits per heavy atom. The molecule has 0 saturated heterocycles. The molecular formula is C14H21N5O. The number of nitrogens with zero attached hydrogens (tertiary/aromatic N) is 3. The number of rotatable bonds is 5. The van der Waals surface area contributed by atoms with Crippen LogP contribution in [0.5, 0.6) is 0 Å². The van der Waals surface area contributed by atoms with Crippen molar-refractivity contribution < 1.29 is 4.79 Å². The minimum atomic E-state index is -0.359. The zero-order chi connectivity index (χ0) is 14.8. The summed E-state index contributed by atoms with van der Waals surface area (Å²) in [5.41, 5.74) is 7.72. The van der Waals surface area contributed by atoms with Crippen LogP contribution in [0, 0.1) is 6.92 Å². The monoisotopic (exact) mass is 275 g/mol. The molecule has 0 radical (unpaired) electrons. The van der Waals surface area contributed by atoms with E-state index in [1.54, 1.807) is 10.7 Å². The van der Waals surface area contributed by atoms with E-state index in [9.17, 15) is 4.79 Å². The summed E-state index contributed by atoms with van der Waals surface area (Å²) in [5.74, 6) is -0.185. The van der Waals surface area contributed by atoms with Gasteiger partial charge in [0.15, 0.2) is 5.65 Å². The molecule has 108 valence electrons. The van der Waals surface area contributed by atoms with Gasteiger partial charge in [0.25, 0.3) is 5.91 Å². The van der Waals surface area contributed by atoms with Crippen LogP contribution < -0.4 is 11.1 Å². The third kappa shape index (κ3) is 2.80. The number of carbonyl (C=O) groups is 1. The number of nitrogens with two attached hydrogens (primary N) is 1. The van der Waals surface area contributed by atoms with Crippen molar-refractivity contribution in [2.75, 3.05) is 6.54 Å². The van der Waals surface area contributed by atoms with Crippen molar-refractivity contribution in [3.63, 3.8) is 0 Å². The molecule has 2 aromatic heterocycles. The first-order chi connectivity index (χ1) is 9.49. The van der Waals surface area contributed by atoms with Gasteiger partial charge in [-0.3, -0.25) is 4.79 Å².